The summed E-state index contributed by atoms with van der Waals surface area (Å²) in [7, 11) is 0. The number of hydrogen-bond acceptors (Lipinski definition) is 3. The van der Waals surface area contributed by atoms with Crippen LogP contribution in [0.15, 0.2) is 78.3 Å². The standard InChI is InChI=1S/C25H32N6.HI/c1-2-27-25(31-16-14-29(15-17-31)19-23-6-4-3-5-7-23)28-18-22-8-10-24(11-9-22)20-30-13-12-26-21-30;/h3-13,21H,2,14-20H2,1H3,(H,27,28);1H. The van der Waals surface area contributed by atoms with Crippen LogP contribution in [0.25, 0.3) is 0 Å². The lowest BCUT2D eigenvalue weighted by molar-refractivity contribution is 0.172. The third-order valence-electron chi connectivity index (χ3n) is 5.61. The summed E-state index contributed by atoms with van der Waals surface area (Å²) in [6.45, 7) is 9.69. The van der Waals surface area contributed by atoms with Crippen molar-refractivity contribution in [1.29, 1.82) is 0 Å². The van der Waals surface area contributed by atoms with Crippen molar-refractivity contribution in [2.75, 3.05) is 32.7 Å². The van der Waals surface area contributed by atoms with Crippen LogP contribution < -0.4 is 5.32 Å². The second kappa shape index (κ2) is 12.6. The second-order valence-corrected chi connectivity index (χ2v) is 7.97. The van der Waals surface area contributed by atoms with Gasteiger partial charge >= 0.3 is 0 Å². The largest absolute Gasteiger partial charge is 0.357 e. The van der Waals surface area contributed by atoms with E-state index in [4.69, 9.17) is 4.99 Å². The molecular weight excluding hydrogens is 511 g/mol. The fourth-order valence-corrected chi connectivity index (χ4v) is 3.89. The first-order chi connectivity index (χ1) is 15.3. The Labute approximate surface area is 208 Å². The van der Waals surface area contributed by atoms with Gasteiger partial charge in [0.2, 0.25) is 0 Å². The lowest BCUT2D eigenvalue weighted by atomic mass is 10.1. The van der Waals surface area contributed by atoms with Crippen molar-refractivity contribution in [3.63, 3.8) is 0 Å². The van der Waals surface area contributed by atoms with E-state index in [-0.39, 0.29) is 24.0 Å². The van der Waals surface area contributed by atoms with E-state index in [0.717, 1.165) is 51.8 Å². The number of hydrogen-bond donors (Lipinski definition) is 1. The zero-order valence-electron chi connectivity index (χ0n) is 18.7. The summed E-state index contributed by atoms with van der Waals surface area (Å²) >= 11 is 0. The molecule has 7 heteroatoms. The number of piperazine rings is 1. The van der Waals surface area contributed by atoms with Gasteiger partial charge in [0.1, 0.15) is 0 Å². The zero-order valence-corrected chi connectivity index (χ0v) is 21.1. The van der Waals surface area contributed by atoms with Gasteiger partial charge in [-0.2, -0.15) is 0 Å². The molecule has 170 valence electrons. The second-order valence-electron chi connectivity index (χ2n) is 7.97. The van der Waals surface area contributed by atoms with Gasteiger partial charge in [0.25, 0.3) is 0 Å². The number of imidazole rings is 1. The topological polar surface area (TPSA) is 48.7 Å². The molecule has 1 aliphatic rings. The molecule has 2 heterocycles. The Kier molecular flexibility index (Phi) is 9.55. The molecule has 1 aromatic heterocycles. The predicted molar refractivity (Wildman–Crippen MR) is 141 cm³/mol. The molecule has 1 N–H and O–H groups in total. The quantitative estimate of drug-likeness (QED) is 0.279. The average molecular weight is 544 g/mol. The molecule has 1 saturated heterocycles. The maximum absolute atomic E-state index is 4.92. The molecule has 0 radical (unpaired) electrons. The Hall–Kier alpha value is -2.39. The lowest BCUT2D eigenvalue weighted by Gasteiger charge is -2.36. The maximum atomic E-state index is 4.92. The van der Waals surface area contributed by atoms with Crippen molar-refractivity contribution in [2.24, 2.45) is 4.99 Å². The van der Waals surface area contributed by atoms with Crippen LogP contribution in [-0.4, -0.2) is 58.0 Å². The molecule has 1 aliphatic heterocycles. The summed E-state index contributed by atoms with van der Waals surface area (Å²) in [5, 5.41) is 3.48. The Bertz CT molecular complexity index is 932. The van der Waals surface area contributed by atoms with Crippen LogP contribution >= 0.6 is 24.0 Å². The summed E-state index contributed by atoms with van der Waals surface area (Å²) in [5.41, 5.74) is 3.88. The van der Waals surface area contributed by atoms with E-state index in [0.29, 0.717) is 6.54 Å². The third kappa shape index (κ3) is 7.06. The van der Waals surface area contributed by atoms with Gasteiger partial charge in [0.05, 0.1) is 12.9 Å². The van der Waals surface area contributed by atoms with Crippen molar-refractivity contribution in [3.8, 4) is 0 Å². The van der Waals surface area contributed by atoms with Gasteiger partial charge in [-0.1, -0.05) is 54.6 Å². The summed E-state index contributed by atoms with van der Waals surface area (Å²) in [5.74, 6) is 1.02. The highest BCUT2D eigenvalue weighted by molar-refractivity contribution is 14.0. The molecule has 4 rings (SSSR count). The smallest absolute Gasteiger partial charge is 0.194 e. The van der Waals surface area contributed by atoms with Crippen molar-refractivity contribution in [3.05, 3.63) is 90.0 Å². The van der Waals surface area contributed by atoms with Crippen molar-refractivity contribution < 1.29 is 0 Å². The fourth-order valence-electron chi connectivity index (χ4n) is 3.89. The first kappa shape index (κ1) is 24.3. The SMILES string of the molecule is CCNC(=NCc1ccc(Cn2ccnc2)cc1)N1CCN(Cc2ccccc2)CC1.I. The Morgan fingerprint density at radius 1 is 0.906 bits per heavy atom. The van der Waals surface area contributed by atoms with E-state index in [1.165, 1.54) is 16.7 Å². The highest BCUT2D eigenvalue weighted by Gasteiger charge is 2.19. The van der Waals surface area contributed by atoms with E-state index in [9.17, 15) is 0 Å². The summed E-state index contributed by atoms with van der Waals surface area (Å²) in [6, 6.07) is 19.4. The lowest BCUT2D eigenvalue weighted by Crippen LogP contribution is -2.52. The molecule has 6 nitrogen and oxygen atoms in total. The molecule has 0 saturated carbocycles. The minimum Gasteiger partial charge on any atom is -0.357 e. The van der Waals surface area contributed by atoms with Crippen molar-refractivity contribution in [1.82, 2.24) is 24.7 Å². The van der Waals surface area contributed by atoms with Crippen LogP contribution in [0.4, 0.5) is 0 Å². The predicted octanol–water partition coefficient (Wildman–Crippen LogP) is 3.83. The van der Waals surface area contributed by atoms with Crippen LogP contribution in [0, 0.1) is 0 Å². The molecule has 32 heavy (non-hydrogen) atoms. The number of rotatable bonds is 7. The summed E-state index contributed by atoms with van der Waals surface area (Å²) < 4.78 is 2.08. The van der Waals surface area contributed by atoms with Gasteiger partial charge in [-0.3, -0.25) is 4.90 Å². The van der Waals surface area contributed by atoms with Gasteiger partial charge in [0.15, 0.2) is 5.96 Å². The maximum Gasteiger partial charge on any atom is 0.194 e. The summed E-state index contributed by atoms with van der Waals surface area (Å²) in [4.78, 5) is 13.9. The first-order valence-electron chi connectivity index (χ1n) is 11.1. The van der Waals surface area contributed by atoms with E-state index in [1.54, 1.807) is 0 Å². The summed E-state index contributed by atoms with van der Waals surface area (Å²) in [6.07, 6.45) is 5.65. The van der Waals surface area contributed by atoms with Crippen molar-refractivity contribution in [2.45, 2.75) is 26.6 Å². The highest BCUT2D eigenvalue weighted by atomic mass is 127. The molecular formula is C25H33IN6. The molecule has 0 unspecified atom stereocenters. The Balaban J connectivity index is 0.00000289. The number of aliphatic imine (C=N–C) groups is 1. The van der Waals surface area contributed by atoms with Crippen molar-refractivity contribution >= 4 is 29.9 Å². The average Bonchev–Trinajstić information content (AvgIpc) is 3.32. The normalized spacial score (nSPS) is 14.8. The van der Waals surface area contributed by atoms with Gasteiger partial charge in [-0.15, -0.1) is 24.0 Å². The molecule has 0 aliphatic carbocycles. The highest BCUT2D eigenvalue weighted by Crippen LogP contribution is 2.11. The molecule has 0 atom stereocenters. The van der Waals surface area contributed by atoms with E-state index < -0.39 is 0 Å². The molecule has 1 fully saturated rings. The van der Waals surface area contributed by atoms with Crippen LogP contribution in [0.3, 0.4) is 0 Å². The monoisotopic (exact) mass is 544 g/mol. The minimum absolute atomic E-state index is 0. The third-order valence-corrected chi connectivity index (χ3v) is 5.61. The number of halogens is 1. The fraction of sp³-hybridized carbons (Fsp3) is 0.360. The number of benzene rings is 2. The molecule has 0 spiro atoms. The van der Waals surface area contributed by atoms with Gasteiger partial charge in [0, 0.05) is 58.2 Å². The van der Waals surface area contributed by atoms with E-state index in [2.05, 4.69) is 86.2 Å². The number of guanidine groups is 1. The first-order valence-corrected chi connectivity index (χ1v) is 11.1. The minimum atomic E-state index is 0. The van der Waals surface area contributed by atoms with Gasteiger partial charge in [-0.05, 0) is 23.6 Å². The Morgan fingerprint density at radius 2 is 1.59 bits per heavy atom. The molecule has 2 aromatic carbocycles. The van der Waals surface area contributed by atoms with E-state index in [1.807, 2.05) is 18.7 Å². The van der Waals surface area contributed by atoms with Crippen LogP contribution in [-0.2, 0) is 19.6 Å². The molecule has 0 bridgehead atoms. The number of aromatic nitrogens is 2. The zero-order chi connectivity index (χ0) is 21.3. The Morgan fingerprint density at radius 3 is 2.25 bits per heavy atom. The molecule has 3 aromatic rings. The van der Waals surface area contributed by atoms with E-state index >= 15 is 0 Å². The van der Waals surface area contributed by atoms with Crippen LogP contribution in [0.1, 0.15) is 23.6 Å². The van der Waals surface area contributed by atoms with Crippen LogP contribution in [0.2, 0.25) is 0 Å². The number of nitrogens with one attached hydrogen (secondary N) is 1. The molecule has 0 amide bonds. The number of nitrogens with zero attached hydrogens (tertiary/aromatic N) is 5. The van der Waals surface area contributed by atoms with Gasteiger partial charge in [-0.25, -0.2) is 9.98 Å². The van der Waals surface area contributed by atoms with Crippen LogP contribution in [0.5, 0.6) is 0 Å². The van der Waals surface area contributed by atoms with Gasteiger partial charge < -0.3 is 14.8 Å².